The molecule has 2 aliphatic rings. The first-order chi connectivity index (χ1) is 12.7. The van der Waals surface area contributed by atoms with Crippen molar-refractivity contribution in [3.8, 4) is 0 Å². The topological polar surface area (TPSA) is 71.4 Å². The molecule has 0 bridgehead atoms. The highest BCUT2D eigenvalue weighted by molar-refractivity contribution is 7.89. The van der Waals surface area contributed by atoms with E-state index in [-0.39, 0.29) is 16.8 Å². The number of carbonyl (C=O) groups is 1. The number of nitrogens with zero attached hydrogens (tertiary/aromatic N) is 2. The Labute approximate surface area is 163 Å². The van der Waals surface area contributed by atoms with E-state index in [1.54, 1.807) is 6.92 Å². The van der Waals surface area contributed by atoms with Gasteiger partial charge in [0, 0.05) is 37.6 Å². The van der Waals surface area contributed by atoms with Crippen LogP contribution in [0.5, 0.6) is 0 Å². The Kier molecular flexibility index (Phi) is 6.01. The highest BCUT2D eigenvalue weighted by atomic mass is 32.2. The molecule has 0 atom stereocenters. The Balaban J connectivity index is 1.95. The van der Waals surface area contributed by atoms with Crippen molar-refractivity contribution in [2.24, 2.45) is 13.0 Å². The second-order valence-electron chi connectivity index (χ2n) is 8.36. The van der Waals surface area contributed by atoms with E-state index in [0.717, 1.165) is 44.2 Å². The smallest absolute Gasteiger partial charge is 0.257 e. The fraction of sp³-hybridized carbons (Fsp3) is 0.750. The van der Waals surface area contributed by atoms with Crippen LogP contribution in [0, 0.1) is 19.8 Å². The lowest BCUT2D eigenvalue weighted by atomic mass is 9.96. The molecule has 152 valence electrons. The molecule has 7 heteroatoms. The molecule has 3 rings (SSSR count). The molecule has 1 aliphatic heterocycles. The van der Waals surface area contributed by atoms with Gasteiger partial charge in [0.05, 0.1) is 5.56 Å². The molecule has 0 unspecified atom stereocenters. The third-order valence-corrected chi connectivity index (χ3v) is 8.08. The van der Waals surface area contributed by atoms with Gasteiger partial charge in [-0.25, -0.2) is 13.1 Å². The van der Waals surface area contributed by atoms with Crippen molar-refractivity contribution in [2.45, 2.75) is 76.7 Å². The molecule has 2 heterocycles. The number of aromatic nitrogens is 1. The first kappa shape index (κ1) is 20.4. The summed E-state index contributed by atoms with van der Waals surface area (Å²) in [6.07, 6.45) is 6.96. The zero-order valence-corrected chi connectivity index (χ0v) is 17.9. The monoisotopic (exact) mass is 395 g/mol. The number of hydrogen-bond donors (Lipinski definition) is 1. The number of rotatable bonds is 4. The van der Waals surface area contributed by atoms with E-state index in [1.807, 2.05) is 23.4 Å². The molecule has 1 aromatic rings. The average Bonchev–Trinajstić information content (AvgIpc) is 2.87. The summed E-state index contributed by atoms with van der Waals surface area (Å²) >= 11 is 0. The zero-order chi connectivity index (χ0) is 19.8. The standard InChI is InChI=1S/C20H33N3O3S/c1-14-10-12-23(13-11-14)20(24)18-15(2)22(4)16(3)19(18)27(25,26)21-17-8-6-5-7-9-17/h14,17,21H,5-13H2,1-4H3. The molecule has 0 radical (unpaired) electrons. The minimum atomic E-state index is -3.74. The Morgan fingerprint density at radius 3 is 2.19 bits per heavy atom. The quantitative estimate of drug-likeness (QED) is 0.851. The minimum absolute atomic E-state index is 0.0255. The van der Waals surface area contributed by atoms with Crippen molar-refractivity contribution in [3.63, 3.8) is 0 Å². The third-order valence-electron chi connectivity index (χ3n) is 6.40. The van der Waals surface area contributed by atoms with Gasteiger partial charge in [0.25, 0.3) is 5.91 Å². The second kappa shape index (κ2) is 7.95. The molecule has 2 fully saturated rings. The van der Waals surface area contributed by atoms with Gasteiger partial charge in [-0.1, -0.05) is 26.2 Å². The predicted molar refractivity (Wildman–Crippen MR) is 106 cm³/mol. The maximum Gasteiger partial charge on any atom is 0.257 e. The minimum Gasteiger partial charge on any atom is -0.350 e. The Morgan fingerprint density at radius 2 is 1.59 bits per heavy atom. The van der Waals surface area contributed by atoms with Gasteiger partial charge in [-0.05, 0) is 45.4 Å². The number of amides is 1. The van der Waals surface area contributed by atoms with E-state index >= 15 is 0 Å². The molecular formula is C20H33N3O3S. The largest absolute Gasteiger partial charge is 0.350 e. The van der Waals surface area contributed by atoms with E-state index in [2.05, 4.69) is 11.6 Å². The number of piperidine rings is 1. The van der Waals surface area contributed by atoms with Crippen molar-refractivity contribution in [2.75, 3.05) is 13.1 Å². The maximum atomic E-state index is 13.3. The van der Waals surface area contributed by atoms with Gasteiger partial charge in [-0.2, -0.15) is 0 Å². The second-order valence-corrected chi connectivity index (χ2v) is 10.0. The fourth-order valence-corrected chi connectivity index (χ4v) is 6.19. The van der Waals surface area contributed by atoms with E-state index < -0.39 is 10.0 Å². The normalized spacial score (nSPS) is 20.2. The van der Waals surface area contributed by atoms with E-state index in [0.29, 0.717) is 30.3 Å². The van der Waals surface area contributed by atoms with Gasteiger partial charge in [0.15, 0.2) is 0 Å². The van der Waals surface area contributed by atoms with Crippen LogP contribution in [-0.2, 0) is 17.1 Å². The first-order valence-electron chi connectivity index (χ1n) is 10.2. The number of likely N-dealkylation sites (tertiary alicyclic amines) is 1. The average molecular weight is 396 g/mol. The van der Waals surface area contributed by atoms with Crippen LogP contribution in [0.2, 0.25) is 0 Å². The van der Waals surface area contributed by atoms with Crippen LogP contribution in [0.3, 0.4) is 0 Å². The summed E-state index contributed by atoms with van der Waals surface area (Å²) in [6.45, 7) is 7.22. The van der Waals surface area contributed by atoms with Gasteiger partial charge in [0.2, 0.25) is 10.0 Å². The predicted octanol–water partition coefficient (Wildman–Crippen LogP) is 3.13. The van der Waals surface area contributed by atoms with E-state index in [1.165, 1.54) is 6.42 Å². The number of nitrogens with one attached hydrogen (secondary N) is 1. The van der Waals surface area contributed by atoms with E-state index in [4.69, 9.17) is 0 Å². The molecule has 1 saturated carbocycles. The fourth-order valence-electron chi connectivity index (χ4n) is 4.37. The van der Waals surface area contributed by atoms with Crippen LogP contribution in [0.15, 0.2) is 4.90 Å². The van der Waals surface area contributed by atoms with Crippen molar-refractivity contribution in [1.29, 1.82) is 0 Å². The van der Waals surface area contributed by atoms with Gasteiger partial charge >= 0.3 is 0 Å². The summed E-state index contributed by atoms with van der Waals surface area (Å²) in [5.74, 6) is 0.468. The lowest BCUT2D eigenvalue weighted by Crippen LogP contribution is -2.40. The molecule has 1 saturated heterocycles. The van der Waals surface area contributed by atoms with Crippen molar-refractivity contribution >= 4 is 15.9 Å². The molecule has 6 nitrogen and oxygen atoms in total. The summed E-state index contributed by atoms with van der Waals surface area (Å²) in [5, 5.41) is 0. The molecule has 0 spiro atoms. The van der Waals surface area contributed by atoms with Crippen molar-refractivity contribution in [1.82, 2.24) is 14.2 Å². The van der Waals surface area contributed by atoms with Crippen LogP contribution >= 0.6 is 0 Å². The van der Waals surface area contributed by atoms with Crippen molar-refractivity contribution in [3.05, 3.63) is 17.0 Å². The Hall–Kier alpha value is -1.34. The summed E-state index contributed by atoms with van der Waals surface area (Å²) in [7, 11) is -1.90. The molecule has 1 amide bonds. The van der Waals surface area contributed by atoms with E-state index in [9.17, 15) is 13.2 Å². The van der Waals surface area contributed by atoms with Crippen LogP contribution < -0.4 is 4.72 Å². The molecule has 0 aromatic carbocycles. The molecule has 1 aliphatic carbocycles. The van der Waals surface area contributed by atoms with Crippen LogP contribution in [0.25, 0.3) is 0 Å². The van der Waals surface area contributed by atoms with Gasteiger partial charge < -0.3 is 9.47 Å². The Morgan fingerprint density at radius 1 is 1.00 bits per heavy atom. The third kappa shape index (κ3) is 4.09. The summed E-state index contributed by atoms with van der Waals surface area (Å²) in [4.78, 5) is 15.3. The summed E-state index contributed by atoms with van der Waals surface area (Å²) < 4.78 is 31.2. The summed E-state index contributed by atoms with van der Waals surface area (Å²) in [6, 6.07) is -0.0255. The highest BCUT2D eigenvalue weighted by Crippen LogP contribution is 2.30. The lowest BCUT2D eigenvalue weighted by Gasteiger charge is -2.30. The highest BCUT2D eigenvalue weighted by Gasteiger charge is 2.35. The Bertz CT molecular complexity index is 799. The molecular weight excluding hydrogens is 362 g/mol. The van der Waals surface area contributed by atoms with Gasteiger partial charge in [-0.15, -0.1) is 0 Å². The van der Waals surface area contributed by atoms with Crippen LogP contribution in [0.4, 0.5) is 0 Å². The van der Waals surface area contributed by atoms with Gasteiger partial charge in [0.1, 0.15) is 4.90 Å². The van der Waals surface area contributed by atoms with Gasteiger partial charge in [-0.3, -0.25) is 4.79 Å². The SMILES string of the molecule is Cc1c(C(=O)N2CCC(C)CC2)c(S(=O)(=O)NC2CCCCC2)c(C)n1C. The van der Waals surface area contributed by atoms with Crippen molar-refractivity contribution < 1.29 is 13.2 Å². The lowest BCUT2D eigenvalue weighted by molar-refractivity contribution is 0.0692. The maximum absolute atomic E-state index is 13.3. The number of carbonyl (C=O) groups excluding carboxylic acids is 1. The molecule has 27 heavy (non-hydrogen) atoms. The van der Waals surface area contributed by atoms with Crippen LogP contribution in [0.1, 0.15) is 73.6 Å². The first-order valence-corrected chi connectivity index (χ1v) is 11.7. The summed E-state index contributed by atoms with van der Waals surface area (Å²) in [5.41, 5.74) is 1.71. The molecule has 1 N–H and O–H groups in total. The number of hydrogen-bond acceptors (Lipinski definition) is 3. The number of sulfonamides is 1. The zero-order valence-electron chi connectivity index (χ0n) is 17.0. The van der Waals surface area contributed by atoms with Crippen LogP contribution in [-0.4, -0.2) is 42.9 Å². The molecule has 1 aromatic heterocycles.